The van der Waals surface area contributed by atoms with E-state index >= 15 is 0 Å². The van der Waals surface area contributed by atoms with Gasteiger partial charge >= 0.3 is 6.61 Å². The molecule has 2 rings (SSSR count). The van der Waals surface area contributed by atoms with Crippen LogP contribution in [0.4, 0.5) is 14.5 Å². The van der Waals surface area contributed by atoms with E-state index in [1.54, 1.807) is 18.5 Å². The van der Waals surface area contributed by atoms with Crippen molar-refractivity contribution in [2.45, 2.75) is 13.2 Å². The van der Waals surface area contributed by atoms with Crippen LogP contribution in [0.2, 0.25) is 0 Å². The number of alkyl halides is 2. The Bertz CT molecular complexity index is 537. The highest BCUT2D eigenvalue weighted by Crippen LogP contribution is 2.16. The van der Waals surface area contributed by atoms with E-state index in [1.165, 1.54) is 12.3 Å². The SMILES string of the molecule is FC(F)Oc1ccc(CNc2cncc(Br)c2)nc1. The maximum Gasteiger partial charge on any atom is 0.387 e. The van der Waals surface area contributed by atoms with Crippen LogP contribution in [-0.4, -0.2) is 16.6 Å². The van der Waals surface area contributed by atoms with Crippen molar-refractivity contribution >= 4 is 21.6 Å². The third-order valence-electron chi connectivity index (χ3n) is 2.20. The van der Waals surface area contributed by atoms with Gasteiger partial charge < -0.3 is 10.1 Å². The van der Waals surface area contributed by atoms with Crippen LogP contribution in [0.15, 0.2) is 41.3 Å². The monoisotopic (exact) mass is 329 g/mol. The summed E-state index contributed by atoms with van der Waals surface area (Å²) in [5.74, 6) is 0.0443. The number of rotatable bonds is 5. The molecule has 100 valence electrons. The molecule has 0 aliphatic heterocycles. The summed E-state index contributed by atoms with van der Waals surface area (Å²) >= 11 is 3.32. The number of nitrogens with zero attached hydrogens (tertiary/aromatic N) is 2. The zero-order valence-electron chi connectivity index (χ0n) is 9.69. The molecule has 0 unspecified atom stereocenters. The molecule has 0 aromatic carbocycles. The highest BCUT2D eigenvalue weighted by atomic mass is 79.9. The van der Waals surface area contributed by atoms with Gasteiger partial charge in [-0.05, 0) is 34.1 Å². The van der Waals surface area contributed by atoms with Gasteiger partial charge in [-0.3, -0.25) is 9.97 Å². The van der Waals surface area contributed by atoms with Crippen LogP contribution < -0.4 is 10.1 Å². The third kappa shape index (κ3) is 4.44. The fourth-order valence-electron chi connectivity index (χ4n) is 1.39. The average Bonchev–Trinajstić information content (AvgIpc) is 2.37. The summed E-state index contributed by atoms with van der Waals surface area (Å²) in [6.07, 6.45) is 4.63. The van der Waals surface area contributed by atoms with Crippen molar-refractivity contribution in [1.82, 2.24) is 9.97 Å². The zero-order chi connectivity index (χ0) is 13.7. The average molecular weight is 330 g/mol. The normalized spacial score (nSPS) is 10.5. The standard InChI is InChI=1S/C12H10BrF2N3O/c13-8-3-10(5-16-4-8)17-6-9-1-2-11(7-18-9)19-12(14)15/h1-5,7,12,17H,6H2. The van der Waals surface area contributed by atoms with Crippen molar-refractivity contribution in [1.29, 1.82) is 0 Å². The Labute approximate surface area is 117 Å². The van der Waals surface area contributed by atoms with Crippen molar-refractivity contribution in [3.63, 3.8) is 0 Å². The molecule has 0 fully saturated rings. The van der Waals surface area contributed by atoms with Gasteiger partial charge in [-0.2, -0.15) is 8.78 Å². The van der Waals surface area contributed by atoms with E-state index in [0.717, 1.165) is 10.2 Å². The summed E-state index contributed by atoms with van der Waals surface area (Å²) in [5, 5.41) is 3.12. The van der Waals surface area contributed by atoms with Gasteiger partial charge in [0.1, 0.15) is 5.75 Å². The minimum Gasteiger partial charge on any atom is -0.433 e. The van der Waals surface area contributed by atoms with Crippen molar-refractivity contribution in [2.24, 2.45) is 0 Å². The van der Waals surface area contributed by atoms with Crippen molar-refractivity contribution in [3.05, 3.63) is 47.0 Å². The Hall–Kier alpha value is -1.76. The van der Waals surface area contributed by atoms with Gasteiger partial charge in [-0.25, -0.2) is 0 Å². The third-order valence-corrected chi connectivity index (χ3v) is 2.63. The predicted octanol–water partition coefficient (Wildman–Crippen LogP) is 3.45. The summed E-state index contributed by atoms with van der Waals surface area (Å²) in [6, 6.07) is 4.95. The van der Waals surface area contributed by atoms with Gasteiger partial charge in [0.15, 0.2) is 0 Å². The summed E-state index contributed by atoms with van der Waals surface area (Å²) < 4.78 is 29.0. The van der Waals surface area contributed by atoms with E-state index in [4.69, 9.17) is 0 Å². The van der Waals surface area contributed by atoms with Gasteiger partial charge in [0.25, 0.3) is 0 Å². The quantitative estimate of drug-likeness (QED) is 0.912. The second-order valence-electron chi connectivity index (χ2n) is 3.61. The van der Waals surface area contributed by atoms with Crippen LogP contribution in [0.1, 0.15) is 5.69 Å². The summed E-state index contributed by atoms with van der Waals surface area (Å²) in [5.41, 5.74) is 1.55. The second kappa shape index (κ2) is 6.42. The lowest BCUT2D eigenvalue weighted by Gasteiger charge is -2.07. The minimum absolute atomic E-state index is 0.0443. The molecule has 0 atom stereocenters. The highest BCUT2D eigenvalue weighted by Gasteiger charge is 2.04. The highest BCUT2D eigenvalue weighted by molar-refractivity contribution is 9.10. The first-order chi connectivity index (χ1) is 9.13. The van der Waals surface area contributed by atoms with Crippen LogP contribution >= 0.6 is 15.9 Å². The zero-order valence-corrected chi connectivity index (χ0v) is 11.3. The molecule has 4 nitrogen and oxygen atoms in total. The fourth-order valence-corrected chi connectivity index (χ4v) is 1.75. The van der Waals surface area contributed by atoms with E-state index < -0.39 is 6.61 Å². The largest absolute Gasteiger partial charge is 0.433 e. The molecule has 0 radical (unpaired) electrons. The number of aromatic nitrogens is 2. The summed E-state index contributed by atoms with van der Waals surface area (Å²) in [4.78, 5) is 8.03. The molecule has 7 heteroatoms. The predicted molar refractivity (Wildman–Crippen MR) is 70.1 cm³/mol. The minimum atomic E-state index is -2.83. The summed E-state index contributed by atoms with van der Waals surface area (Å²) in [7, 11) is 0. The molecule has 2 aromatic heterocycles. The first-order valence-corrected chi connectivity index (χ1v) is 6.17. The van der Waals surface area contributed by atoms with Crippen LogP contribution in [0, 0.1) is 0 Å². The van der Waals surface area contributed by atoms with Crippen LogP contribution in [0.5, 0.6) is 5.75 Å². The molecule has 0 spiro atoms. The van der Waals surface area contributed by atoms with E-state index in [-0.39, 0.29) is 5.75 Å². The lowest BCUT2D eigenvalue weighted by molar-refractivity contribution is -0.0500. The van der Waals surface area contributed by atoms with E-state index in [9.17, 15) is 8.78 Å². The van der Waals surface area contributed by atoms with E-state index in [1.807, 2.05) is 6.07 Å². The summed E-state index contributed by atoms with van der Waals surface area (Å²) in [6.45, 7) is -2.37. The van der Waals surface area contributed by atoms with Crippen LogP contribution in [-0.2, 0) is 6.54 Å². The molecule has 0 aliphatic rings. The first kappa shape index (κ1) is 13.7. The first-order valence-electron chi connectivity index (χ1n) is 5.37. The molecular formula is C12H10BrF2N3O. The van der Waals surface area contributed by atoms with Crippen molar-refractivity contribution in [3.8, 4) is 5.75 Å². The fraction of sp³-hybridized carbons (Fsp3) is 0.167. The molecule has 0 amide bonds. The Morgan fingerprint density at radius 2 is 2.11 bits per heavy atom. The van der Waals surface area contributed by atoms with Crippen LogP contribution in [0.3, 0.4) is 0 Å². The number of halogens is 3. The van der Waals surface area contributed by atoms with Crippen molar-refractivity contribution in [2.75, 3.05) is 5.32 Å². The number of anilines is 1. The lowest BCUT2D eigenvalue weighted by Crippen LogP contribution is -2.04. The Kier molecular flexibility index (Phi) is 4.62. The number of nitrogens with one attached hydrogen (secondary N) is 1. The van der Waals surface area contributed by atoms with Gasteiger partial charge in [0, 0.05) is 10.7 Å². The lowest BCUT2D eigenvalue weighted by atomic mass is 10.3. The molecule has 19 heavy (non-hydrogen) atoms. The molecule has 2 aromatic rings. The second-order valence-corrected chi connectivity index (χ2v) is 4.52. The van der Waals surface area contributed by atoms with Crippen molar-refractivity contribution < 1.29 is 13.5 Å². The molecule has 0 bridgehead atoms. The van der Waals surface area contributed by atoms with E-state index in [2.05, 4.69) is 36.0 Å². The number of pyridine rings is 2. The molecule has 0 saturated carbocycles. The molecule has 2 heterocycles. The van der Waals surface area contributed by atoms with Gasteiger partial charge in [-0.1, -0.05) is 0 Å². The van der Waals surface area contributed by atoms with Gasteiger partial charge in [0.2, 0.25) is 0 Å². The van der Waals surface area contributed by atoms with Gasteiger partial charge in [-0.15, -0.1) is 0 Å². The Morgan fingerprint density at radius 1 is 1.26 bits per heavy atom. The Balaban J connectivity index is 1.93. The molecule has 0 saturated heterocycles. The molecular weight excluding hydrogens is 320 g/mol. The smallest absolute Gasteiger partial charge is 0.387 e. The van der Waals surface area contributed by atoms with Crippen LogP contribution in [0.25, 0.3) is 0 Å². The molecule has 1 N–H and O–H groups in total. The topological polar surface area (TPSA) is 47.0 Å². The molecule has 0 aliphatic carbocycles. The number of hydrogen-bond acceptors (Lipinski definition) is 4. The van der Waals surface area contributed by atoms with E-state index in [0.29, 0.717) is 12.2 Å². The maximum absolute atomic E-state index is 12.0. The maximum atomic E-state index is 12.0. The number of hydrogen-bond donors (Lipinski definition) is 1. The Morgan fingerprint density at radius 3 is 2.74 bits per heavy atom. The van der Waals surface area contributed by atoms with Gasteiger partial charge in [0.05, 0.1) is 30.3 Å². The number of ether oxygens (including phenoxy) is 1.